The number of amides is 2. The van der Waals surface area contributed by atoms with Gasteiger partial charge in [-0.2, -0.15) is 0 Å². The van der Waals surface area contributed by atoms with Gasteiger partial charge in [0.2, 0.25) is 11.8 Å². The zero-order valence-corrected chi connectivity index (χ0v) is 9.49. The van der Waals surface area contributed by atoms with Gasteiger partial charge in [0.15, 0.2) is 0 Å². The van der Waals surface area contributed by atoms with Crippen molar-refractivity contribution in [2.75, 3.05) is 0 Å². The number of imide groups is 1. The minimum atomic E-state index is -0.297. The van der Waals surface area contributed by atoms with Crippen molar-refractivity contribution in [1.29, 1.82) is 0 Å². The van der Waals surface area contributed by atoms with Crippen LogP contribution in [0.25, 0.3) is 0 Å². The SMILES string of the molecule is CC(C)c1ccc(C2CC(=O)NC2=O)cc1. The summed E-state index contributed by atoms with van der Waals surface area (Å²) in [5.41, 5.74) is 2.17. The molecule has 1 aliphatic heterocycles. The molecule has 1 aromatic rings. The van der Waals surface area contributed by atoms with Gasteiger partial charge in [-0.15, -0.1) is 0 Å². The number of benzene rings is 1. The van der Waals surface area contributed by atoms with E-state index >= 15 is 0 Å². The van der Waals surface area contributed by atoms with Crippen LogP contribution in [0.15, 0.2) is 24.3 Å². The summed E-state index contributed by atoms with van der Waals surface area (Å²) in [6.45, 7) is 4.25. The van der Waals surface area contributed by atoms with Crippen LogP contribution in [-0.4, -0.2) is 11.8 Å². The van der Waals surface area contributed by atoms with E-state index < -0.39 is 0 Å². The van der Waals surface area contributed by atoms with E-state index in [1.807, 2.05) is 24.3 Å². The Labute approximate surface area is 94.9 Å². The van der Waals surface area contributed by atoms with Crippen LogP contribution in [0, 0.1) is 0 Å². The third-order valence-electron chi connectivity index (χ3n) is 2.97. The van der Waals surface area contributed by atoms with Gasteiger partial charge in [-0.25, -0.2) is 0 Å². The van der Waals surface area contributed by atoms with Gasteiger partial charge in [0.1, 0.15) is 0 Å². The Hall–Kier alpha value is -1.64. The fourth-order valence-corrected chi connectivity index (χ4v) is 1.94. The van der Waals surface area contributed by atoms with Crippen molar-refractivity contribution in [3.63, 3.8) is 0 Å². The Balaban J connectivity index is 2.22. The first-order valence-electron chi connectivity index (χ1n) is 5.51. The van der Waals surface area contributed by atoms with Gasteiger partial charge in [0.05, 0.1) is 5.92 Å². The summed E-state index contributed by atoms with van der Waals surface area (Å²) in [4.78, 5) is 22.6. The molecule has 1 saturated heterocycles. The lowest BCUT2D eigenvalue weighted by molar-refractivity contribution is -0.125. The maximum atomic E-state index is 11.5. The smallest absolute Gasteiger partial charge is 0.234 e. The fraction of sp³-hybridized carbons (Fsp3) is 0.385. The van der Waals surface area contributed by atoms with Gasteiger partial charge in [-0.1, -0.05) is 38.1 Å². The van der Waals surface area contributed by atoms with Gasteiger partial charge in [-0.05, 0) is 17.0 Å². The molecule has 0 radical (unpaired) electrons. The van der Waals surface area contributed by atoms with Crippen LogP contribution in [0.5, 0.6) is 0 Å². The molecule has 0 aliphatic carbocycles. The van der Waals surface area contributed by atoms with Crippen LogP contribution in [0.2, 0.25) is 0 Å². The van der Waals surface area contributed by atoms with Crippen molar-refractivity contribution in [2.24, 2.45) is 0 Å². The minimum absolute atomic E-state index is 0.178. The average Bonchev–Trinajstić information content (AvgIpc) is 2.58. The second-order valence-electron chi connectivity index (χ2n) is 4.49. The van der Waals surface area contributed by atoms with E-state index in [1.54, 1.807) is 0 Å². The Morgan fingerprint density at radius 2 is 1.81 bits per heavy atom. The number of rotatable bonds is 2. The van der Waals surface area contributed by atoms with Gasteiger partial charge >= 0.3 is 0 Å². The third-order valence-corrected chi connectivity index (χ3v) is 2.97. The minimum Gasteiger partial charge on any atom is -0.296 e. The monoisotopic (exact) mass is 217 g/mol. The van der Waals surface area contributed by atoms with Gasteiger partial charge in [0, 0.05) is 6.42 Å². The van der Waals surface area contributed by atoms with Crippen LogP contribution in [0.4, 0.5) is 0 Å². The molecular formula is C13H15NO2. The summed E-state index contributed by atoms with van der Waals surface area (Å²) in [6, 6.07) is 7.93. The number of carbonyl (C=O) groups excluding carboxylic acids is 2. The maximum absolute atomic E-state index is 11.5. The molecule has 0 aromatic heterocycles. The first-order chi connectivity index (χ1) is 7.58. The predicted octanol–water partition coefficient (Wildman–Crippen LogP) is 1.94. The molecule has 0 saturated carbocycles. The Morgan fingerprint density at radius 3 is 2.25 bits per heavy atom. The highest BCUT2D eigenvalue weighted by Crippen LogP contribution is 2.25. The van der Waals surface area contributed by atoms with E-state index in [4.69, 9.17) is 0 Å². The molecule has 3 nitrogen and oxygen atoms in total. The summed E-state index contributed by atoms with van der Waals surface area (Å²) in [7, 11) is 0. The molecule has 1 atom stereocenters. The van der Waals surface area contributed by atoms with Crippen LogP contribution in [-0.2, 0) is 9.59 Å². The molecule has 1 heterocycles. The summed E-state index contributed by atoms with van der Waals surface area (Å²) >= 11 is 0. The molecule has 1 aliphatic rings. The second-order valence-corrected chi connectivity index (χ2v) is 4.49. The van der Waals surface area contributed by atoms with Crippen LogP contribution < -0.4 is 5.32 Å². The maximum Gasteiger partial charge on any atom is 0.234 e. The Morgan fingerprint density at radius 1 is 1.19 bits per heavy atom. The van der Waals surface area contributed by atoms with E-state index in [0.717, 1.165) is 5.56 Å². The van der Waals surface area contributed by atoms with Gasteiger partial charge in [-0.3, -0.25) is 14.9 Å². The average molecular weight is 217 g/mol. The summed E-state index contributed by atoms with van der Waals surface area (Å²) in [6.07, 6.45) is 0.278. The second kappa shape index (κ2) is 4.08. The van der Waals surface area contributed by atoms with E-state index in [2.05, 4.69) is 19.2 Å². The van der Waals surface area contributed by atoms with Gasteiger partial charge < -0.3 is 0 Å². The summed E-state index contributed by atoms with van der Waals surface area (Å²) in [5.74, 6) is -0.174. The topological polar surface area (TPSA) is 46.2 Å². The highest BCUT2D eigenvalue weighted by atomic mass is 16.2. The molecule has 3 heteroatoms. The zero-order chi connectivity index (χ0) is 11.7. The lowest BCUT2D eigenvalue weighted by Crippen LogP contribution is -2.21. The van der Waals surface area contributed by atoms with Crippen molar-refractivity contribution in [1.82, 2.24) is 5.32 Å². The Bertz CT molecular complexity index is 420. The molecule has 16 heavy (non-hydrogen) atoms. The molecular weight excluding hydrogens is 202 g/mol. The van der Waals surface area contributed by atoms with Crippen LogP contribution >= 0.6 is 0 Å². The van der Waals surface area contributed by atoms with Crippen molar-refractivity contribution >= 4 is 11.8 Å². The molecule has 1 aromatic carbocycles. The van der Waals surface area contributed by atoms with Crippen molar-refractivity contribution in [3.05, 3.63) is 35.4 Å². The van der Waals surface area contributed by atoms with E-state index in [1.165, 1.54) is 5.56 Å². The number of carbonyl (C=O) groups is 2. The lowest BCUT2D eigenvalue weighted by atomic mass is 9.94. The largest absolute Gasteiger partial charge is 0.296 e. The Kier molecular flexibility index (Phi) is 2.77. The fourth-order valence-electron chi connectivity index (χ4n) is 1.94. The van der Waals surface area contributed by atoms with E-state index in [9.17, 15) is 9.59 Å². The van der Waals surface area contributed by atoms with Crippen molar-refractivity contribution < 1.29 is 9.59 Å². The zero-order valence-electron chi connectivity index (χ0n) is 9.49. The molecule has 0 bridgehead atoms. The van der Waals surface area contributed by atoms with Crippen molar-refractivity contribution in [2.45, 2.75) is 32.1 Å². The highest BCUT2D eigenvalue weighted by molar-refractivity contribution is 6.06. The molecule has 0 spiro atoms. The molecule has 1 fully saturated rings. The molecule has 84 valence electrons. The summed E-state index contributed by atoms with van der Waals surface area (Å²) in [5, 5.41) is 2.32. The quantitative estimate of drug-likeness (QED) is 0.769. The van der Waals surface area contributed by atoms with Crippen molar-refractivity contribution in [3.8, 4) is 0 Å². The first-order valence-corrected chi connectivity index (χ1v) is 5.51. The third kappa shape index (κ3) is 1.98. The molecule has 1 N–H and O–H groups in total. The standard InChI is InChI=1S/C13H15NO2/c1-8(2)9-3-5-10(6-4-9)11-7-12(15)14-13(11)16/h3-6,8,11H,7H2,1-2H3,(H,14,15,16). The summed E-state index contributed by atoms with van der Waals surface area (Å²) < 4.78 is 0. The number of hydrogen-bond donors (Lipinski definition) is 1. The molecule has 2 amide bonds. The van der Waals surface area contributed by atoms with E-state index in [-0.39, 0.29) is 24.2 Å². The molecule has 2 rings (SSSR count). The predicted molar refractivity (Wildman–Crippen MR) is 61.0 cm³/mol. The normalized spacial score (nSPS) is 20.3. The van der Waals surface area contributed by atoms with Crippen LogP contribution in [0.1, 0.15) is 43.2 Å². The van der Waals surface area contributed by atoms with E-state index in [0.29, 0.717) is 5.92 Å². The van der Waals surface area contributed by atoms with Crippen LogP contribution in [0.3, 0.4) is 0 Å². The first kappa shape index (κ1) is 10.9. The lowest BCUT2D eigenvalue weighted by Gasteiger charge is -2.09. The molecule has 1 unspecified atom stereocenters. The highest BCUT2D eigenvalue weighted by Gasteiger charge is 2.31. The van der Waals surface area contributed by atoms with Gasteiger partial charge in [0.25, 0.3) is 0 Å². The number of nitrogens with one attached hydrogen (secondary N) is 1. The number of hydrogen-bond acceptors (Lipinski definition) is 2.